The van der Waals surface area contributed by atoms with Crippen LogP contribution in [0.5, 0.6) is 0 Å². The van der Waals surface area contributed by atoms with E-state index in [9.17, 15) is 24.0 Å². The van der Waals surface area contributed by atoms with E-state index in [0.717, 1.165) is 44.9 Å². The summed E-state index contributed by atoms with van der Waals surface area (Å²) in [5.41, 5.74) is 5.62. The summed E-state index contributed by atoms with van der Waals surface area (Å²) in [7, 11) is 0. The fourth-order valence-corrected chi connectivity index (χ4v) is 7.79. The summed E-state index contributed by atoms with van der Waals surface area (Å²) in [6.45, 7) is 6.70. The van der Waals surface area contributed by atoms with Crippen LogP contribution >= 0.6 is 0 Å². The Balaban J connectivity index is 1.72. The summed E-state index contributed by atoms with van der Waals surface area (Å²) in [6, 6.07) is -1.71. The van der Waals surface area contributed by atoms with Crippen LogP contribution < -0.4 is 21.7 Å². The van der Waals surface area contributed by atoms with Crippen molar-refractivity contribution in [2.24, 2.45) is 5.73 Å². The van der Waals surface area contributed by atoms with Crippen LogP contribution in [-0.2, 0) is 24.0 Å². The van der Waals surface area contributed by atoms with Crippen molar-refractivity contribution in [3.8, 4) is 0 Å². The highest BCUT2D eigenvalue weighted by Gasteiger charge is 2.36. The van der Waals surface area contributed by atoms with E-state index in [1.807, 2.05) is 0 Å². The molecule has 0 radical (unpaired) electrons. The zero-order chi connectivity index (χ0) is 38.5. The number of nitrogens with zero attached hydrogens (tertiary/aromatic N) is 2. The van der Waals surface area contributed by atoms with Crippen LogP contribution in [0.2, 0.25) is 0 Å². The normalized spacial score (nSPS) is 17.6. The maximum Gasteiger partial charge on any atom is 0.243 e. The lowest BCUT2D eigenvalue weighted by atomic mass is 10.1. The summed E-state index contributed by atoms with van der Waals surface area (Å²) < 4.78 is 0. The largest absolute Gasteiger partial charge is 0.354 e. The molecule has 11 nitrogen and oxygen atoms in total. The molecule has 3 atom stereocenters. The van der Waals surface area contributed by atoms with Crippen molar-refractivity contribution in [1.82, 2.24) is 25.8 Å². The van der Waals surface area contributed by atoms with Crippen molar-refractivity contribution in [2.45, 2.75) is 205 Å². The molecule has 2 aliphatic rings. The van der Waals surface area contributed by atoms with E-state index in [0.29, 0.717) is 77.7 Å². The van der Waals surface area contributed by atoms with Gasteiger partial charge in [0.05, 0.1) is 0 Å². The average molecular weight is 747 g/mol. The number of carbonyl (C=O) groups excluding carboxylic acids is 5. The van der Waals surface area contributed by atoms with Crippen LogP contribution in [-0.4, -0.2) is 90.2 Å². The quantitative estimate of drug-likeness (QED) is 0.0583. The van der Waals surface area contributed by atoms with E-state index >= 15 is 0 Å². The molecule has 2 aliphatic heterocycles. The van der Waals surface area contributed by atoms with Crippen molar-refractivity contribution in [1.29, 1.82) is 0 Å². The van der Waals surface area contributed by atoms with Gasteiger partial charge in [-0.05, 0) is 57.8 Å². The molecule has 3 unspecified atom stereocenters. The molecule has 2 fully saturated rings. The van der Waals surface area contributed by atoms with E-state index in [4.69, 9.17) is 5.73 Å². The van der Waals surface area contributed by atoms with E-state index in [1.165, 1.54) is 83.5 Å². The summed E-state index contributed by atoms with van der Waals surface area (Å²) in [5, 5.41) is 8.75. The molecule has 5 N–H and O–H groups in total. The fourth-order valence-electron chi connectivity index (χ4n) is 7.79. The topological polar surface area (TPSA) is 154 Å². The van der Waals surface area contributed by atoms with Gasteiger partial charge in [0.2, 0.25) is 29.5 Å². The van der Waals surface area contributed by atoms with Gasteiger partial charge < -0.3 is 31.5 Å². The van der Waals surface area contributed by atoms with Crippen molar-refractivity contribution < 1.29 is 24.0 Å². The number of unbranched alkanes of at least 4 members (excludes halogenated alkanes) is 17. The monoisotopic (exact) mass is 747 g/mol. The van der Waals surface area contributed by atoms with Gasteiger partial charge in [-0.15, -0.1) is 0 Å². The fraction of sp³-hybridized carbons (Fsp3) is 0.881. The highest BCUT2D eigenvalue weighted by molar-refractivity contribution is 5.92. The van der Waals surface area contributed by atoms with Crippen LogP contribution in [0.1, 0.15) is 187 Å². The second-order valence-electron chi connectivity index (χ2n) is 15.6. The zero-order valence-electron chi connectivity index (χ0n) is 33.9. The molecule has 306 valence electrons. The van der Waals surface area contributed by atoms with E-state index in [-0.39, 0.29) is 29.5 Å². The third-order valence-corrected chi connectivity index (χ3v) is 11.0. The summed E-state index contributed by atoms with van der Waals surface area (Å²) in [6.07, 6.45) is 27.0. The number of rotatable bonds is 31. The van der Waals surface area contributed by atoms with Crippen LogP contribution in [0, 0.1) is 0 Å². The van der Waals surface area contributed by atoms with Crippen LogP contribution in [0.25, 0.3) is 0 Å². The maximum absolute atomic E-state index is 13.4. The predicted molar refractivity (Wildman–Crippen MR) is 214 cm³/mol. The highest BCUT2D eigenvalue weighted by atomic mass is 16.2. The number of amides is 5. The number of hydrogen-bond donors (Lipinski definition) is 4. The number of nitrogens with one attached hydrogen (secondary N) is 3. The lowest BCUT2D eigenvalue weighted by molar-refractivity contribution is -0.139. The lowest BCUT2D eigenvalue weighted by Gasteiger charge is -2.26. The maximum atomic E-state index is 13.4. The Morgan fingerprint density at radius 2 is 1.02 bits per heavy atom. The molecule has 11 heteroatoms. The van der Waals surface area contributed by atoms with Gasteiger partial charge in [0.1, 0.15) is 18.1 Å². The van der Waals surface area contributed by atoms with Gasteiger partial charge in [0.25, 0.3) is 0 Å². The Kier molecular flexibility index (Phi) is 26.0. The Labute approximate surface area is 322 Å². The zero-order valence-corrected chi connectivity index (χ0v) is 33.9. The molecule has 0 saturated carbocycles. The summed E-state index contributed by atoms with van der Waals surface area (Å²) in [5.74, 6) is -0.569. The first-order valence-corrected chi connectivity index (χ1v) is 22.0. The van der Waals surface area contributed by atoms with Crippen molar-refractivity contribution in [3.05, 3.63) is 0 Å². The van der Waals surface area contributed by atoms with Crippen LogP contribution in [0.4, 0.5) is 0 Å². The third kappa shape index (κ3) is 19.5. The smallest absolute Gasteiger partial charge is 0.243 e. The molecule has 0 bridgehead atoms. The number of carbonyl (C=O) groups is 5. The Hall–Kier alpha value is -2.69. The van der Waals surface area contributed by atoms with E-state index in [1.54, 1.807) is 9.80 Å². The first-order valence-electron chi connectivity index (χ1n) is 22.0. The van der Waals surface area contributed by atoms with Crippen LogP contribution in [0.15, 0.2) is 0 Å². The van der Waals surface area contributed by atoms with Gasteiger partial charge in [0.15, 0.2) is 0 Å². The Bertz CT molecular complexity index is 1040. The minimum Gasteiger partial charge on any atom is -0.354 e. The van der Waals surface area contributed by atoms with Gasteiger partial charge in [-0.1, -0.05) is 117 Å². The molecule has 2 saturated heterocycles. The second kappa shape index (κ2) is 29.6. The molecule has 53 heavy (non-hydrogen) atoms. The number of likely N-dealkylation sites (tertiary alicyclic amines) is 2. The van der Waals surface area contributed by atoms with Crippen molar-refractivity contribution in [3.63, 3.8) is 0 Å². The van der Waals surface area contributed by atoms with Gasteiger partial charge in [-0.25, -0.2) is 0 Å². The molecule has 0 aliphatic carbocycles. The molecule has 2 rings (SSSR count). The molecule has 0 aromatic rings. The lowest BCUT2D eigenvalue weighted by Crippen LogP contribution is -2.53. The Morgan fingerprint density at radius 3 is 1.49 bits per heavy atom. The van der Waals surface area contributed by atoms with E-state index < -0.39 is 18.1 Å². The minimum atomic E-state index is -0.747. The third-order valence-electron chi connectivity index (χ3n) is 11.0. The molecule has 2 heterocycles. The van der Waals surface area contributed by atoms with Gasteiger partial charge in [-0.3, -0.25) is 24.0 Å². The molecular formula is C42H78N6O5. The van der Waals surface area contributed by atoms with Gasteiger partial charge in [-0.2, -0.15) is 0 Å². The molecule has 0 aromatic carbocycles. The van der Waals surface area contributed by atoms with Crippen molar-refractivity contribution >= 4 is 29.5 Å². The van der Waals surface area contributed by atoms with Gasteiger partial charge in [0, 0.05) is 45.6 Å². The summed E-state index contributed by atoms with van der Waals surface area (Å²) >= 11 is 0. The first kappa shape index (κ1) is 46.5. The minimum absolute atomic E-state index is 0.0245. The SMILES string of the molecule is CCCCCCCCCCCC(=O)N1CCCC1C(=O)NCCCCC(NC(=O)C1CCCN1C(=O)CCCCCCCCCCC)C(=O)NCCN. The summed E-state index contributed by atoms with van der Waals surface area (Å²) in [4.78, 5) is 69.1. The highest BCUT2D eigenvalue weighted by Crippen LogP contribution is 2.22. The van der Waals surface area contributed by atoms with E-state index in [2.05, 4.69) is 29.8 Å². The number of nitrogens with two attached hydrogens (primary N) is 1. The molecular weight excluding hydrogens is 668 g/mol. The first-order chi connectivity index (χ1) is 25.8. The molecule has 5 amide bonds. The second-order valence-corrected chi connectivity index (χ2v) is 15.6. The molecule has 0 aromatic heterocycles. The molecule has 0 spiro atoms. The average Bonchev–Trinajstić information content (AvgIpc) is 3.86. The predicted octanol–water partition coefficient (Wildman–Crippen LogP) is 6.66. The van der Waals surface area contributed by atoms with Gasteiger partial charge >= 0.3 is 0 Å². The van der Waals surface area contributed by atoms with Crippen LogP contribution in [0.3, 0.4) is 0 Å². The standard InChI is InChI=1S/C42H78N6O5/c1-3-5-7-9-11-13-15-17-19-28-38(49)47-33-23-26-36(47)41(52)44-31-22-21-25-35(40(51)45-32-30-43)46-42(53)37-27-24-34-48(37)39(50)29-20-18-16-14-12-10-8-6-4-2/h35-37H,3-34,43H2,1-2H3,(H,44,52)(H,45,51)(H,46,53). The number of hydrogen-bond acceptors (Lipinski definition) is 6. The van der Waals surface area contributed by atoms with Crippen molar-refractivity contribution in [2.75, 3.05) is 32.7 Å². The Morgan fingerprint density at radius 1 is 0.566 bits per heavy atom.